The third-order valence-corrected chi connectivity index (χ3v) is 0. The van der Waals surface area contributed by atoms with Crippen molar-refractivity contribution in [1.82, 2.24) is 0 Å². The Labute approximate surface area is 50.6 Å². The predicted molar refractivity (Wildman–Crippen MR) is 24.4 cm³/mol. The summed E-state index contributed by atoms with van der Waals surface area (Å²) in [5, 5.41) is 7.57. The summed E-state index contributed by atoms with van der Waals surface area (Å²) in [6.07, 6.45) is 0. The van der Waals surface area contributed by atoms with Crippen LogP contribution in [0.15, 0.2) is 0 Å². The summed E-state index contributed by atoms with van der Waals surface area (Å²) >= 11 is 0. The summed E-state index contributed by atoms with van der Waals surface area (Å²) in [5.41, 5.74) is 0. The molecule has 0 heterocycles. The van der Waals surface area contributed by atoms with Gasteiger partial charge >= 0.3 is 23.1 Å². The first kappa shape index (κ1) is 17.3. The van der Waals surface area contributed by atoms with Crippen LogP contribution in [0.4, 0.5) is 0 Å². The molecule has 0 aliphatic carbocycles. The molecule has 0 rings (SSSR count). The van der Waals surface area contributed by atoms with Crippen LogP contribution >= 0.6 is 0 Å². The second-order valence-corrected chi connectivity index (χ2v) is 0.316. The predicted octanol–water partition coefficient (Wildman–Crippen LogP) is -0.982. The van der Waals surface area contributed by atoms with Gasteiger partial charge in [0.1, 0.15) is 0 Å². The number of aliphatic hydroxyl groups excluding tert-OH is 1. The van der Waals surface area contributed by atoms with Crippen molar-refractivity contribution in [3.8, 4) is 0 Å². The first-order valence-corrected chi connectivity index (χ1v) is 1.02. The molecule has 32 valence electrons. The van der Waals surface area contributed by atoms with Gasteiger partial charge in [-0.2, -0.15) is 0 Å². The molecule has 0 aliphatic heterocycles. The molecule has 0 amide bonds. The van der Waals surface area contributed by atoms with Crippen molar-refractivity contribution >= 4 is 23.1 Å². The molecule has 0 radical (unpaired) electrons. The van der Waals surface area contributed by atoms with E-state index in [9.17, 15) is 0 Å². The second-order valence-electron chi connectivity index (χ2n) is 0.316. The molecule has 5 heavy (non-hydrogen) atoms. The summed E-state index contributed by atoms with van der Waals surface area (Å²) in [6.45, 7) is 1.93. The van der Waals surface area contributed by atoms with E-state index in [1.165, 1.54) is 0 Å². The van der Waals surface area contributed by atoms with Gasteiger partial charge in [0.25, 0.3) is 0 Å². The van der Waals surface area contributed by atoms with E-state index < -0.39 is 0 Å². The minimum atomic E-state index is 0. The quantitative estimate of drug-likeness (QED) is 0.382. The Balaban J connectivity index is -0.00000000333. The van der Waals surface area contributed by atoms with Crippen LogP contribution in [0.3, 0.4) is 0 Å². The van der Waals surface area contributed by atoms with Crippen molar-refractivity contribution in [2.75, 3.05) is 6.61 Å². The maximum absolute atomic E-state index is 7.57. The van der Waals surface area contributed by atoms with E-state index in [1.807, 2.05) is 0 Å². The van der Waals surface area contributed by atoms with Gasteiger partial charge in [-0.25, -0.2) is 0 Å². The minimum absolute atomic E-state index is 0. The molecule has 0 bridgehead atoms. The standard InChI is InChI=1S/C2H6O.Mg.H2O.2H/c1-2-3;;;;/h3H,2H2,1H3;;1H2;;/q;+2;;2*-1. The van der Waals surface area contributed by atoms with E-state index in [0.717, 1.165) is 0 Å². The number of hydrogen-bond acceptors (Lipinski definition) is 1. The van der Waals surface area contributed by atoms with E-state index in [2.05, 4.69) is 0 Å². The van der Waals surface area contributed by atoms with Crippen LogP contribution < -0.4 is 0 Å². The molecule has 3 N–H and O–H groups in total. The van der Waals surface area contributed by atoms with E-state index in [0.29, 0.717) is 0 Å². The number of aliphatic hydroxyl groups is 1. The average Bonchev–Trinajstić information content (AvgIpc) is 0.918. The first-order chi connectivity index (χ1) is 1.41. The Morgan fingerprint density at radius 1 is 1.80 bits per heavy atom. The zero-order valence-corrected chi connectivity index (χ0v) is 4.78. The van der Waals surface area contributed by atoms with Crippen LogP contribution in [0.25, 0.3) is 0 Å². The average molecular weight is 90.4 g/mol. The molecule has 3 heteroatoms. The monoisotopic (exact) mass is 90.1 g/mol. The first-order valence-electron chi connectivity index (χ1n) is 1.02. The summed E-state index contributed by atoms with van der Waals surface area (Å²) < 4.78 is 0. The Hall–Kier alpha value is 0.686. The van der Waals surface area contributed by atoms with Gasteiger partial charge in [-0.3, -0.25) is 0 Å². The number of rotatable bonds is 0. The Morgan fingerprint density at radius 3 is 1.80 bits per heavy atom. The summed E-state index contributed by atoms with van der Waals surface area (Å²) in [7, 11) is 0. The van der Waals surface area contributed by atoms with Crippen molar-refractivity contribution in [3.05, 3.63) is 0 Å². The molecule has 0 fully saturated rings. The normalized spacial score (nSPS) is 3.60. The van der Waals surface area contributed by atoms with Gasteiger partial charge in [0.05, 0.1) is 0 Å². The minimum Gasteiger partial charge on any atom is -1.00 e. The van der Waals surface area contributed by atoms with Crippen LogP contribution in [-0.4, -0.2) is 40.2 Å². The molecule has 0 aromatic rings. The maximum Gasteiger partial charge on any atom is 2.00 e. The van der Waals surface area contributed by atoms with E-state index >= 15 is 0 Å². The molecule has 0 saturated heterocycles. The fraction of sp³-hybridized carbons (Fsp3) is 1.00. The van der Waals surface area contributed by atoms with Crippen LogP contribution in [-0.2, 0) is 0 Å². The molecule has 0 saturated carbocycles. The molecule has 0 atom stereocenters. The number of hydrogen-bond donors (Lipinski definition) is 1. The van der Waals surface area contributed by atoms with Gasteiger partial charge in [0, 0.05) is 6.61 Å². The summed E-state index contributed by atoms with van der Waals surface area (Å²) in [6, 6.07) is 0. The molecule has 0 aromatic heterocycles. The molecule has 2 nitrogen and oxygen atoms in total. The summed E-state index contributed by atoms with van der Waals surface area (Å²) in [4.78, 5) is 0. The fourth-order valence-electron chi connectivity index (χ4n) is 0. The van der Waals surface area contributed by atoms with Crippen LogP contribution in [0.2, 0.25) is 0 Å². The van der Waals surface area contributed by atoms with Crippen molar-refractivity contribution in [2.45, 2.75) is 6.92 Å². The van der Waals surface area contributed by atoms with Crippen LogP contribution in [0.1, 0.15) is 9.78 Å². The zero-order chi connectivity index (χ0) is 2.71. The third-order valence-electron chi connectivity index (χ3n) is 0. The van der Waals surface area contributed by atoms with Crippen molar-refractivity contribution in [3.63, 3.8) is 0 Å². The van der Waals surface area contributed by atoms with E-state index in [4.69, 9.17) is 5.11 Å². The van der Waals surface area contributed by atoms with Gasteiger partial charge in [-0.1, -0.05) is 0 Å². The van der Waals surface area contributed by atoms with Crippen molar-refractivity contribution in [2.24, 2.45) is 0 Å². The molecular weight excluding hydrogens is 80.3 g/mol. The molecule has 0 spiro atoms. The Kier molecular flexibility index (Phi) is 77.5. The molecular formula is C2H10MgO2. The fourth-order valence-corrected chi connectivity index (χ4v) is 0. The van der Waals surface area contributed by atoms with Gasteiger partial charge in [0.2, 0.25) is 0 Å². The second kappa shape index (κ2) is 22.4. The molecule has 0 unspecified atom stereocenters. The Bertz CT molecular complexity index is 13.7. The van der Waals surface area contributed by atoms with Crippen molar-refractivity contribution in [1.29, 1.82) is 0 Å². The van der Waals surface area contributed by atoms with E-state index in [1.54, 1.807) is 6.92 Å². The Morgan fingerprint density at radius 2 is 1.80 bits per heavy atom. The topological polar surface area (TPSA) is 51.7 Å². The van der Waals surface area contributed by atoms with Crippen LogP contribution in [0, 0.1) is 0 Å². The van der Waals surface area contributed by atoms with E-state index in [-0.39, 0.29) is 38.0 Å². The van der Waals surface area contributed by atoms with Crippen molar-refractivity contribution < 1.29 is 13.4 Å². The van der Waals surface area contributed by atoms with Gasteiger partial charge in [0.15, 0.2) is 0 Å². The molecule has 0 aromatic carbocycles. The maximum atomic E-state index is 7.57. The largest absolute Gasteiger partial charge is 2.00 e. The molecule has 0 aliphatic rings. The zero-order valence-electron chi connectivity index (χ0n) is 5.36. The van der Waals surface area contributed by atoms with Gasteiger partial charge in [-0.05, 0) is 6.92 Å². The third kappa shape index (κ3) is 71.8. The smallest absolute Gasteiger partial charge is 1.00 e. The van der Waals surface area contributed by atoms with Gasteiger partial charge in [-0.15, -0.1) is 0 Å². The summed E-state index contributed by atoms with van der Waals surface area (Å²) in [5.74, 6) is 0. The SMILES string of the molecule is CCO.O.[H-].[H-].[Mg+2]. The van der Waals surface area contributed by atoms with Gasteiger partial charge < -0.3 is 13.4 Å². The van der Waals surface area contributed by atoms with Crippen LogP contribution in [0.5, 0.6) is 0 Å².